The SMILES string of the molecule is CCNC(=O)OC1CN2CCC1C2. The Morgan fingerprint density at radius 2 is 2.46 bits per heavy atom. The lowest BCUT2D eigenvalue weighted by molar-refractivity contribution is 0.0691. The van der Waals surface area contributed by atoms with E-state index in [9.17, 15) is 4.79 Å². The van der Waals surface area contributed by atoms with E-state index in [0.717, 1.165) is 13.1 Å². The minimum absolute atomic E-state index is 0.139. The fourth-order valence-electron chi connectivity index (χ4n) is 2.19. The predicted molar refractivity (Wildman–Crippen MR) is 48.5 cm³/mol. The molecule has 13 heavy (non-hydrogen) atoms. The second-order valence-corrected chi connectivity index (χ2v) is 3.78. The molecule has 2 heterocycles. The maximum Gasteiger partial charge on any atom is 0.407 e. The van der Waals surface area contributed by atoms with Gasteiger partial charge in [0.15, 0.2) is 0 Å². The lowest BCUT2D eigenvalue weighted by atomic mass is 10.0. The van der Waals surface area contributed by atoms with Crippen LogP contribution in [0.2, 0.25) is 0 Å². The van der Waals surface area contributed by atoms with Crippen molar-refractivity contribution < 1.29 is 9.53 Å². The molecule has 0 aromatic carbocycles. The second kappa shape index (κ2) is 3.54. The largest absolute Gasteiger partial charge is 0.445 e. The third-order valence-corrected chi connectivity index (χ3v) is 2.85. The highest BCUT2D eigenvalue weighted by Crippen LogP contribution is 2.29. The Balaban J connectivity index is 1.79. The molecule has 4 nitrogen and oxygen atoms in total. The topological polar surface area (TPSA) is 41.6 Å². The first-order chi connectivity index (χ1) is 6.29. The van der Waals surface area contributed by atoms with Gasteiger partial charge >= 0.3 is 6.09 Å². The molecule has 2 aliphatic rings. The van der Waals surface area contributed by atoms with Crippen LogP contribution in [0.3, 0.4) is 0 Å². The number of rotatable bonds is 2. The van der Waals surface area contributed by atoms with Gasteiger partial charge in [0.25, 0.3) is 0 Å². The molecule has 2 saturated heterocycles. The summed E-state index contributed by atoms with van der Waals surface area (Å²) in [5, 5.41) is 2.65. The molecule has 74 valence electrons. The summed E-state index contributed by atoms with van der Waals surface area (Å²) in [6.45, 7) is 5.76. The average molecular weight is 184 g/mol. The first-order valence-electron chi connectivity index (χ1n) is 4.96. The van der Waals surface area contributed by atoms with Crippen LogP contribution in [0.25, 0.3) is 0 Å². The Morgan fingerprint density at radius 1 is 1.62 bits per heavy atom. The van der Waals surface area contributed by atoms with Gasteiger partial charge in [-0.2, -0.15) is 0 Å². The van der Waals surface area contributed by atoms with Crippen LogP contribution in [-0.4, -0.2) is 43.3 Å². The molecule has 3 unspecified atom stereocenters. The predicted octanol–water partition coefficient (Wildman–Crippen LogP) is 0.437. The second-order valence-electron chi connectivity index (χ2n) is 3.78. The minimum Gasteiger partial charge on any atom is -0.445 e. The number of nitrogens with zero attached hydrogens (tertiary/aromatic N) is 1. The number of carbonyl (C=O) groups excluding carboxylic acids is 1. The quantitative estimate of drug-likeness (QED) is 0.677. The van der Waals surface area contributed by atoms with Crippen molar-refractivity contribution in [2.75, 3.05) is 26.2 Å². The molecule has 2 rings (SSSR count). The van der Waals surface area contributed by atoms with E-state index in [2.05, 4.69) is 10.2 Å². The molecular formula is C9H16N2O2. The Kier molecular flexibility index (Phi) is 2.40. The average Bonchev–Trinajstić information content (AvgIpc) is 2.65. The summed E-state index contributed by atoms with van der Waals surface area (Å²) in [7, 11) is 0. The smallest absolute Gasteiger partial charge is 0.407 e. The van der Waals surface area contributed by atoms with Gasteiger partial charge in [-0.3, -0.25) is 4.90 Å². The van der Waals surface area contributed by atoms with Crippen molar-refractivity contribution >= 4 is 6.09 Å². The van der Waals surface area contributed by atoms with Gasteiger partial charge in [-0.15, -0.1) is 0 Å². The molecular weight excluding hydrogens is 168 g/mol. The summed E-state index contributed by atoms with van der Waals surface area (Å²) in [4.78, 5) is 13.5. The summed E-state index contributed by atoms with van der Waals surface area (Å²) in [5.74, 6) is 0.586. The van der Waals surface area contributed by atoms with Gasteiger partial charge in [-0.05, 0) is 19.9 Å². The van der Waals surface area contributed by atoms with Crippen LogP contribution in [0.1, 0.15) is 13.3 Å². The van der Waals surface area contributed by atoms with Crippen molar-refractivity contribution in [3.05, 3.63) is 0 Å². The van der Waals surface area contributed by atoms with Crippen LogP contribution >= 0.6 is 0 Å². The van der Waals surface area contributed by atoms with E-state index < -0.39 is 0 Å². The van der Waals surface area contributed by atoms with Gasteiger partial charge in [0.1, 0.15) is 6.10 Å². The molecule has 4 heteroatoms. The highest BCUT2D eigenvalue weighted by molar-refractivity contribution is 5.67. The summed E-state index contributed by atoms with van der Waals surface area (Å²) >= 11 is 0. The number of alkyl carbamates (subject to hydrolysis) is 1. The van der Waals surface area contributed by atoms with Crippen LogP contribution in [0.5, 0.6) is 0 Å². The van der Waals surface area contributed by atoms with Crippen molar-refractivity contribution in [1.29, 1.82) is 0 Å². The molecule has 1 N–H and O–H groups in total. The maximum atomic E-state index is 11.1. The fraction of sp³-hybridized carbons (Fsp3) is 0.889. The zero-order chi connectivity index (χ0) is 9.26. The molecule has 0 aromatic rings. The molecule has 2 bridgehead atoms. The Hall–Kier alpha value is -0.770. The van der Waals surface area contributed by atoms with Crippen LogP contribution in [0.4, 0.5) is 4.79 Å². The lowest BCUT2D eigenvalue weighted by Gasteiger charge is -2.22. The summed E-state index contributed by atoms with van der Waals surface area (Å²) < 4.78 is 5.29. The van der Waals surface area contributed by atoms with E-state index in [-0.39, 0.29) is 12.2 Å². The van der Waals surface area contributed by atoms with Gasteiger partial charge in [0.2, 0.25) is 0 Å². The van der Waals surface area contributed by atoms with Crippen LogP contribution in [0, 0.1) is 5.92 Å². The molecule has 0 aliphatic carbocycles. The summed E-state index contributed by atoms with van der Waals surface area (Å²) in [6.07, 6.45) is 1.06. The number of nitrogens with one attached hydrogen (secondary N) is 1. The zero-order valence-corrected chi connectivity index (χ0v) is 7.95. The van der Waals surface area contributed by atoms with Gasteiger partial charge in [-0.25, -0.2) is 4.79 Å². The third kappa shape index (κ3) is 1.77. The van der Waals surface area contributed by atoms with Gasteiger partial charge in [0.05, 0.1) is 0 Å². The van der Waals surface area contributed by atoms with Crippen LogP contribution in [0.15, 0.2) is 0 Å². The Bertz CT molecular complexity index is 208. The molecule has 3 atom stereocenters. The van der Waals surface area contributed by atoms with E-state index in [1.54, 1.807) is 0 Å². The van der Waals surface area contributed by atoms with Crippen molar-refractivity contribution in [2.24, 2.45) is 5.92 Å². The van der Waals surface area contributed by atoms with E-state index >= 15 is 0 Å². The number of amides is 1. The molecule has 0 aromatic heterocycles. The molecule has 1 amide bonds. The molecule has 0 spiro atoms. The van der Waals surface area contributed by atoms with E-state index in [4.69, 9.17) is 4.74 Å². The van der Waals surface area contributed by atoms with Crippen LogP contribution < -0.4 is 5.32 Å². The van der Waals surface area contributed by atoms with Gasteiger partial charge in [0, 0.05) is 25.6 Å². The number of hydrogen-bond donors (Lipinski definition) is 1. The Labute approximate surface area is 78.2 Å². The van der Waals surface area contributed by atoms with E-state index in [0.29, 0.717) is 12.5 Å². The first kappa shape index (κ1) is 8.81. The van der Waals surface area contributed by atoms with Crippen molar-refractivity contribution in [3.63, 3.8) is 0 Å². The van der Waals surface area contributed by atoms with Crippen molar-refractivity contribution in [2.45, 2.75) is 19.4 Å². The van der Waals surface area contributed by atoms with Crippen molar-refractivity contribution in [1.82, 2.24) is 10.2 Å². The van der Waals surface area contributed by atoms with Crippen LogP contribution in [-0.2, 0) is 4.74 Å². The monoisotopic (exact) mass is 184 g/mol. The number of carbonyl (C=O) groups is 1. The minimum atomic E-state index is -0.263. The lowest BCUT2D eigenvalue weighted by Crippen LogP contribution is -2.35. The summed E-state index contributed by atoms with van der Waals surface area (Å²) in [5.41, 5.74) is 0. The molecule has 2 fully saturated rings. The number of fused-ring (bicyclic) bond motifs is 2. The van der Waals surface area contributed by atoms with Gasteiger partial charge in [-0.1, -0.05) is 0 Å². The van der Waals surface area contributed by atoms with E-state index in [1.807, 2.05) is 6.92 Å². The fourth-order valence-corrected chi connectivity index (χ4v) is 2.19. The third-order valence-electron chi connectivity index (χ3n) is 2.85. The maximum absolute atomic E-state index is 11.1. The molecule has 2 aliphatic heterocycles. The van der Waals surface area contributed by atoms with E-state index in [1.165, 1.54) is 13.0 Å². The molecule has 0 radical (unpaired) electrons. The standard InChI is InChI=1S/C9H16N2O2/c1-2-10-9(12)13-8-6-11-4-3-7(8)5-11/h7-8H,2-6H2,1H3,(H,10,12). The highest BCUT2D eigenvalue weighted by atomic mass is 16.6. The zero-order valence-electron chi connectivity index (χ0n) is 7.95. The Morgan fingerprint density at radius 3 is 3.00 bits per heavy atom. The number of ether oxygens (including phenoxy) is 1. The van der Waals surface area contributed by atoms with Crippen molar-refractivity contribution in [3.8, 4) is 0 Å². The van der Waals surface area contributed by atoms with Gasteiger partial charge < -0.3 is 10.1 Å². The number of piperidine rings is 1. The molecule has 0 saturated carbocycles. The highest BCUT2D eigenvalue weighted by Gasteiger charge is 2.40. The normalized spacial score (nSPS) is 36.2. The summed E-state index contributed by atoms with van der Waals surface area (Å²) in [6, 6.07) is 0. The number of hydrogen-bond acceptors (Lipinski definition) is 3. The first-order valence-corrected chi connectivity index (χ1v) is 4.96.